The van der Waals surface area contributed by atoms with E-state index in [0.29, 0.717) is 17.1 Å². The second-order valence-corrected chi connectivity index (χ2v) is 7.69. The standard InChI is InChI=1S/C20H16Br2N2O3/c1-12(25)23-18-7-5-16(22)10-19(18)24-20(26)11-27-17-6-3-13-8-15(21)4-2-14(13)9-17/h2-10H,11H2,1H3,(H,23,25)(H,24,26). The van der Waals surface area contributed by atoms with Gasteiger partial charge in [0.15, 0.2) is 6.61 Å². The Hall–Kier alpha value is -2.38. The quantitative estimate of drug-likeness (QED) is 0.506. The van der Waals surface area contributed by atoms with Gasteiger partial charge in [0, 0.05) is 15.9 Å². The molecule has 7 heteroatoms. The molecule has 0 atom stereocenters. The summed E-state index contributed by atoms with van der Waals surface area (Å²) in [6.45, 7) is 1.27. The van der Waals surface area contributed by atoms with Crippen LogP contribution in [0.25, 0.3) is 10.8 Å². The molecule has 0 saturated heterocycles. The highest BCUT2D eigenvalue weighted by Crippen LogP contribution is 2.27. The summed E-state index contributed by atoms with van der Waals surface area (Å²) in [5.41, 5.74) is 1.02. The van der Waals surface area contributed by atoms with Gasteiger partial charge in [-0.1, -0.05) is 44.0 Å². The third-order valence-corrected chi connectivity index (χ3v) is 4.70. The number of carbonyl (C=O) groups is 2. The van der Waals surface area contributed by atoms with Crippen molar-refractivity contribution in [2.24, 2.45) is 0 Å². The molecule has 0 spiro atoms. The van der Waals surface area contributed by atoms with E-state index in [1.807, 2.05) is 36.4 Å². The van der Waals surface area contributed by atoms with Gasteiger partial charge in [-0.2, -0.15) is 0 Å². The summed E-state index contributed by atoms with van der Waals surface area (Å²) in [6.07, 6.45) is 0. The van der Waals surface area contributed by atoms with Gasteiger partial charge in [0.2, 0.25) is 5.91 Å². The number of ether oxygens (including phenoxy) is 1. The van der Waals surface area contributed by atoms with E-state index in [1.54, 1.807) is 18.2 Å². The zero-order valence-corrected chi connectivity index (χ0v) is 17.6. The maximum atomic E-state index is 12.3. The molecular formula is C20H16Br2N2O3. The number of nitrogens with one attached hydrogen (secondary N) is 2. The molecule has 2 N–H and O–H groups in total. The summed E-state index contributed by atoms with van der Waals surface area (Å²) in [4.78, 5) is 23.6. The summed E-state index contributed by atoms with van der Waals surface area (Å²) < 4.78 is 7.40. The highest BCUT2D eigenvalue weighted by molar-refractivity contribution is 9.10. The van der Waals surface area contributed by atoms with E-state index >= 15 is 0 Å². The second-order valence-electron chi connectivity index (χ2n) is 5.86. The number of anilines is 2. The topological polar surface area (TPSA) is 67.4 Å². The lowest BCUT2D eigenvalue weighted by molar-refractivity contribution is -0.118. The maximum Gasteiger partial charge on any atom is 0.262 e. The first-order valence-corrected chi connectivity index (χ1v) is 9.68. The van der Waals surface area contributed by atoms with Gasteiger partial charge in [-0.15, -0.1) is 0 Å². The van der Waals surface area contributed by atoms with E-state index in [4.69, 9.17) is 4.74 Å². The number of amides is 2. The Bertz CT molecular complexity index is 1020. The van der Waals surface area contributed by atoms with Crippen molar-refractivity contribution >= 4 is 65.8 Å². The van der Waals surface area contributed by atoms with Crippen molar-refractivity contribution in [1.82, 2.24) is 0 Å². The van der Waals surface area contributed by atoms with E-state index in [-0.39, 0.29) is 18.4 Å². The van der Waals surface area contributed by atoms with Crippen molar-refractivity contribution in [2.75, 3.05) is 17.2 Å². The Morgan fingerprint density at radius 2 is 1.52 bits per heavy atom. The van der Waals surface area contributed by atoms with Crippen molar-refractivity contribution in [3.8, 4) is 5.75 Å². The van der Waals surface area contributed by atoms with Crippen LogP contribution in [0.1, 0.15) is 6.92 Å². The zero-order chi connectivity index (χ0) is 19.4. The average Bonchev–Trinajstić information content (AvgIpc) is 2.62. The first-order valence-electron chi connectivity index (χ1n) is 8.10. The molecule has 0 aromatic heterocycles. The Labute approximate surface area is 173 Å². The van der Waals surface area contributed by atoms with Crippen LogP contribution >= 0.6 is 31.9 Å². The number of halogens is 2. The van der Waals surface area contributed by atoms with Gasteiger partial charge in [0.25, 0.3) is 5.91 Å². The molecule has 0 aliphatic carbocycles. The molecular weight excluding hydrogens is 476 g/mol. The molecule has 0 heterocycles. The largest absolute Gasteiger partial charge is 0.484 e. The predicted octanol–water partition coefficient (Wildman–Crippen LogP) is 5.34. The second kappa shape index (κ2) is 8.54. The van der Waals surface area contributed by atoms with Crippen LogP contribution in [0.2, 0.25) is 0 Å². The van der Waals surface area contributed by atoms with Crippen LogP contribution in [0.4, 0.5) is 11.4 Å². The molecule has 3 rings (SSSR count). The number of benzene rings is 3. The molecule has 27 heavy (non-hydrogen) atoms. The van der Waals surface area contributed by atoms with Crippen LogP contribution < -0.4 is 15.4 Å². The third kappa shape index (κ3) is 5.30. The van der Waals surface area contributed by atoms with Gasteiger partial charge in [-0.05, 0) is 53.2 Å². The van der Waals surface area contributed by atoms with Crippen LogP contribution in [0.5, 0.6) is 5.75 Å². The molecule has 0 fully saturated rings. The van der Waals surface area contributed by atoms with E-state index in [1.165, 1.54) is 6.92 Å². The third-order valence-electron chi connectivity index (χ3n) is 3.71. The number of hydrogen-bond donors (Lipinski definition) is 2. The lowest BCUT2D eigenvalue weighted by atomic mass is 10.1. The Morgan fingerprint density at radius 1 is 0.852 bits per heavy atom. The molecule has 0 aliphatic rings. The van der Waals surface area contributed by atoms with Crippen LogP contribution in [-0.2, 0) is 9.59 Å². The van der Waals surface area contributed by atoms with Gasteiger partial charge in [0.05, 0.1) is 11.4 Å². The smallest absolute Gasteiger partial charge is 0.262 e. The average molecular weight is 492 g/mol. The SMILES string of the molecule is CC(=O)Nc1ccc(Br)cc1NC(=O)COc1ccc2cc(Br)ccc2c1. The van der Waals surface area contributed by atoms with Crippen LogP contribution in [0, 0.1) is 0 Å². The molecule has 0 bridgehead atoms. The number of hydrogen-bond acceptors (Lipinski definition) is 3. The highest BCUT2D eigenvalue weighted by atomic mass is 79.9. The van der Waals surface area contributed by atoms with E-state index < -0.39 is 0 Å². The molecule has 138 valence electrons. The fourth-order valence-corrected chi connectivity index (χ4v) is 3.28. The molecule has 3 aromatic carbocycles. The molecule has 0 radical (unpaired) electrons. The molecule has 0 saturated carbocycles. The lowest BCUT2D eigenvalue weighted by Gasteiger charge is -2.13. The maximum absolute atomic E-state index is 12.3. The number of rotatable bonds is 5. The molecule has 2 amide bonds. The molecule has 0 unspecified atom stereocenters. The minimum Gasteiger partial charge on any atom is -0.484 e. The summed E-state index contributed by atoms with van der Waals surface area (Å²) in [6, 6.07) is 16.8. The van der Waals surface area contributed by atoms with Crippen molar-refractivity contribution in [3.05, 3.63) is 63.5 Å². The van der Waals surface area contributed by atoms with Gasteiger partial charge in [-0.3, -0.25) is 9.59 Å². The number of fused-ring (bicyclic) bond motifs is 1. The Balaban J connectivity index is 1.67. The van der Waals surface area contributed by atoms with Gasteiger partial charge in [0.1, 0.15) is 5.75 Å². The molecule has 0 aliphatic heterocycles. The monoisotopic (exact) mass is 490 g/mol. The summed E-state index contributed by atoms with van der Waals surface area (Å²) >= 11 is 6.80. The van der Waals surface area contributed by atoms with E-state index in [2.05, 4.69) is 42.5 Å². The first-order chi connectivity index (χ1) is 12.9. The highest BCUT2D eigenvalue weighted by Gasteiger charge is 2.10. The fraction of sp³-hybridized carbons (Fsp3) is 0.100. The van der Waals surface area contributed by atoms with Gasteiger partial charge >= 0.3 is 0 Å². The number of carbonyl (C=O) groups excluding carboxylic acids is 2. The van der Waals surface area contributed by atoms with Crippen LogP contribution in [0.15, 0.2) is 63.5 Å². The van der Waals surface area contributed by atoms with Crippen molar-refractivity contribution in [3.63, 3.8) is 0 Å². The van der Waals surface area contributed by atoms with Crippen LogP contribution in [0.3, 0.4) is 0 Å². The minimum atomic E-state index is -0.324. The van der Waals surface area contributed by atoms with E-state index in [9.17, 15) is 9.59 Å². The predicted molar refractivity (Wildman–Crippen MR) is 114 cm³/mol. The normalized spacial score (nSPS) is 10.5. The van der Waals surface area contributed by atoms with E-state index in [0.717, 1.165) is 19.7 Å². The van der Waals surface area contributed by atoms with Crippen molar-refractivity contribution in [2.45, 2.75) is 6.92 Å². The Kier molecular flexibility index (Phi) is 6.13. The first kappa shape index (κ1) is 19.4. The minimum absolute atomic E-state index is 0.145. The summed E-state index contributed by atoms with van der Waals surface area (Å²) in [5.74, 6) is 0.0683. The molecule has 3 aromatic rings. The summed E-state index contributed by atoms with van der Waals surface area (Å²) in [5, 5.41) is 7.55. The zero-order valence-electron chi connectivity index (χ0n) is 14.4. The lowest BCUT2D eigenvalue weighted by Crippen LogP contribution is -2.21. The van der Waals surface area contributed by atoms with Crippen LogP contribution in [-0.4, -0.2) is 18.4 Å². The van der Waals surface area contributed by atoms with Crippen molar-refractivity contribution in [1.29, 1.82) is 0 Å². The summed E-state index contributed by atoms with van der Waals surface area (Å²) in [7, 11) is 0. The molecule has 5 nitrogen and oxygen atoms in total. The Morgan fingerprint density at radius 3 is 2.30 bits per heavy atom. The van der Waals surface area contributed by atoms with Gasteiger partial charge in [-0.25, -0.2) is 0 Å². The van der Waals surface area contributed by atoms with Gasteiger partial charge < -0.3 is 15.4 Å². The fourth-order valence-electron chi connectivity index (χ4n) is 2.54. The van der Waals surface area contributed by atoms with Crippen molar-refractivity contribution < 1.29 is 14.3 Å².